The first kappa shape index (κ1) is 12.4. The van der Waals surface area contributed by atoms with E-state index in [0.29, 0.717) is 0 Å². The van der Waals surface area contributed by atoms with Crippen LogP contribution in [0.5, 0.6) is 0 Å². The van der Waals surface area contributed by atoms with Crippen LogP contribution in [0.1, 0.15) is 42.1 Å². The third kappa shape index (κ3) is 2.41. The molecule has 1 nitrogen and oxygen atoms in total. The molecule has 2 atom stereocenters. The summed E-state index contributed by atoms with van der Waals surface area (Å²) in [6.07, 6.45) is 1.81. The predicted octanol–water partition coefficient (Wildman–Crippen LogP) is 4.16. The summed E-state index contributed by atoms with van der Waals surface area (Å²) in [6.45, 7) is 2.16. The molecule has 2 aromatic rings. The summed E-state index contributed by atoms with van der Waals surface area (Å²) in [6, 6.07) is 16.3. The van der Waals surface area contributed by atoms with Gasteiger partial charge in [-0.2, -0.15) is 0 Å². The van der Waals surface area contributed by atoms with Crippen LogP contribution in [0.3, 0.4) is 0 Å². The van der Waals surface area contributed by atoms with Gasteiger partial charge in [0.2, 0.25) is 0 Å². The molecule has 0 saturated heterocycles. The van der Waals surface area contributed by atoms with Crippen LogP contribution < -0.4 is 5.32 Å². The average Bonchev–Trinajstić information content (AvgIpc) is 2.84. The Morgan fingerprint density at radius 3 is 2.68 bits per heavy atom. The lowest BCUT2D eigenvalue weighted by atomic mass is 10.0. The van der Waals surface area contributed by atoms with Gasteiger partial charge in [0.25, 0.3) is 0 Å². The lowest BCUT2D eigenvalue weighted by Crippen LogP contribution is -2.22. The summed E-state index contributed by atoms with van der Waals surface area (Å²) < 4.78 is 13.7. The van der Waals surface area contributed by atoms with E-state index in [-0.39, 0.29) is 17.9 Å². The minimum absolute atomic E-state index is 0.0610. The number of nitrogens with one attached hydrogen (secondary N) is 1. The maximum absolute atomic E-state index is 13.7. The van der Waals surface area contributed by atoms with E-state index in [2.05, 4.69) is 36.5 Å². The van der Waals surface area contributed by atoms with Crippen molar-refractivity contribution >= 4 is 0 Å². The summed E-state index contributed by atoms with van der Waals surface area (Å²) in [5.74, 6) is -0.0610. The van der Waals surface area contributed by atoms with E-state index in [0.717, 1.165) is 24.0 Å². The molecule has 0 aromatic heterocycles. The zero-order valence-electron chi connectivity index (χ0n) is 11.1. The van der Waals surface area contributed by atoms with Gasteiger partial charge in [0, 0.05) is 12.1 Å². The summed E-state index contributed by atoms with van der Waals surface area (Å²) >= 11 is 0. The van der Waals surface area contributed by atoms with Crippen LogP contribution in [0.4, 0.5) is 4.39 Å². The van der Waals surface area contributed by atoms with Crippen molar-refractivity contribution in [1.82, 2.24) is 5.32 Å². The minimum atomic E-state index is -0.0610. The van der Waals surface area contributed by atoms with Crippen LogP contribution >= 0.6 is 0 Å². The Kier molecular flexibility index (Phi) is 3.34. The molecule has 0 fully saturated rings. The smallest absolute Gasteiger partial charge is 0.126 e. The van der Waals surface area contributed by atoms with Crippen LogP contribution in [0, 0.1) is 5.82 Å². The minimum Gasteiger partial charge on any atom is -0.303 e. The number of benzene rings is 2. The van der Waals surface area contributed by atoms with Gasteiger partial charge in [-0.05, 0) is 42.5 Å². The van der Waals surface area contributed by atoms with Crippen molar-refractivity contribution in [1.29, 1.82) is 0 Å². The van der Waals surface area contributed by atoms with Crippen LogP contribution in [0.15, 0.2) is 48.5 Å². The Hall–Kier alpha value is -1.67. The van der Waals surface area contributed by atoms with Gasteiger partial charge in [-0.3, -0.25) is 0 Å². The van der Waals surface area contributed by atoms with Gasteiger partial charge < -0.3 is 5.32 Å². The molecule has 2 heteroatoms. The molecule has 98 valence electrons. The van der Waals surface area contributed by atoms with Crippen molar-refractivity contribution in [3.63, 3.8) is 0 Å². The first-order chi connectivity index (χ1) is 9.25. The summed E-state index contributed by atoms with van der Waals surface area (Å²) in [4.78, 5) is 0. The monoisotopic (exact) mass is 255 g/mol. The second-order valence-electron chi connectivity index (χ2n) is 5.20. The fourth-order valence-corrected chi connectivity index (χ4v) is 2.92. The van der Waals surface area contributed by atoms with Crippen molar-refractivity contribution in [3.8, 4) is 0 Å². The van der Waals surface area contributed by atoms with Crippen molar-refractivity contribution in [3.05, 3.63) is 71.0 Å². The molecule has 1 aliphatic rings. The highest BCUT2D eigenvalue weighted by Crippen LogP contribution is 2.34. The fraction of sp³-hybridized carbons (Fsp3) is 0.294. The van der Waals surface area contributed by atoms with Crippen molar-refractivity contribution < 1.29 is 4.39 Å². The Balaban J connectivity index is 1.78. The Morgan fingerprint density at radius 2 is 1.89 bits per heavy atom. The number of hydrogen-bond acceptors (Lipinski definition) is 1. The molecule has 1 N–H and O–H groups in total. The Bertz CT molecular complexity index is 565. The number of halogens is 1. The molecule has 2 aromatic carbocycles. The molecular weight excluding hydrogens is 237 g/mol. The molecular formula is C17H18FN. The van der Waals surface area contributed by atoms with Gasteiger partial charge in [-0.15, -0.1) is 0 Å². The Morgan fingerprint density at radius 1 is 1.11 bits per heavy atom. The van der Waals surface area contributed by atoms with E-state index in [4.69, 9.17) is 0 Å². The molecule has 19 heavy (non-hydrogen) atoms. The third-order valence-corrected chi connectivity index (χ3v) is 3.96. The van der Waals surface area contributed by atoms with Gasteiger partial charge >= 0.3 is 0 Å². The molecule has 0 saturated carbocycles. The number of rotatable bonds is 3. The highest BCUT2D eigenvalue weighted by molar-refractivity contribution is 5.36. The maximum atomic E-state index is 13.7. The van der Waals surface area contributed by atoms with Gasteiger partial charge in [0.15, 0.2) is 0 Å². The first-order valence-electron chi connectivity index (χ1n) is 6.84. The zero-order chi connectivity index (χ0) is 13.2. The second kappa shape index (κ2) is 5.14. The largest absolute Gasteiger partial charge is 0.303 e. The molecule has 0 amide bonds. The van der Waals surface area contributed by atoms with E-state index < -0.39 is 0 Å². The summed E-state index contributed by atoms with van der Waals surface area (Å²) in [5, 5.41) is 3.61. The van der Waals surface area contributed by atoms with Crippen molar-refractivity contribution in [2.45, 2.75) is 31.8 Å². The maximum Gasteiger partial charge on any atom is 0.126 e. The summed E-state index contributed by atoms with van der Waals surface area (Å²) in [5.41, 5.74) is 3.29. The molecule has 0 spiro atoms. The van der Waals surface area contributed by atoms with Gasteiger partial charge in [-0.25, -0.2) is 4.39 Å². The Labute approximate surface area is 113 Å². The number of fused-ring (bicyclic) bond motifs is 1. The highest BCUT2D eigenvalue weighted by Gasteiger charge is 2.25. The molecule has 0 aliphatic heterocycles. The molecule has 1 unspecified atom stereocenters. The van der Waals surface area contributed by atoms with Crippen molar-refractivity contribution in [2.75, 3.05) is 0 Å². The average molecular weight is 255 g/mol. The normalized spacial score (nSPS) is 19.2. The lowest BCUT2D eigenvalue weighted by molar-refractivity contribution is 0.465. The predicted molar refractivity (Wildman–Crippen MR) is 75.5 cm³/mol. The SMILES string of the molecule is C[C@H](NC1CCc2c(F)cccc21)c1ccccc1. The van der Waals surface area contributed by atoms with Crippen LogP contribution in [-0.2, 0) is 6.42 Å². The van der Waals surface area contributed by atoms with Gasteiger partial charge in [0.1, 0.15) is 5.82 Å². The van der Waals surface area contributed by atoms with Crippen LogP contribution in [-0.4, -0.2) is 0 Å². The van der Waals surface area contributed by atoms with Crippen LogP contribution in [0.2, 0.25) is 0 Å². The van der Waals surface area contributed by atoms with E-state index >= 15 is 0 Å². The van der Waals surface area contributed by atoms with E-state index in [1.165, 1.54) is 5.56 Å². The van der Waals surface area contributed by atoms with Crippen molar-refractivity contribution in [2.24, 2.45) is 0 Å². The van der Waals surface area contributed by atoms with Crippen LogP contribution in [0.25, 0.3) is 0 Å². The molecule has 1 aliphatic carbocycles. The topological polar surface area (TPSA) is 12.0 Å². The second-order valence-corrected chi connectivity index (χ2v) is 5.20. The third-order valence-electron chi connectivity index (χ3n) is 3.96. The van der Waals surface area contributed by atoms with E-state index in [9.17, 15) is 4.39 Å². The summed E-state index contributed by atoms with van der Waals surface area (Å²) in [7, 11) is 0. The van der Waals surface area contributed by atoms with Gasteiger partial charge in [-0.1, -0.05) is 42.5 Å². The molecule has 0 bridgehead atoms. The van der Waals surface area contributed by atoms with E-state index in [1.807, 2.05) is 12.1 Å². The zero-order valence-corrected chi connectivity index (χ0v) is 11.1. The quantitative estimate of drug-likeness (QED) is 0.868. The first-order valence-corrected chi connectivity index (χ1v) is 6.84. The molecule has 0 radical (unpaired) electrons. The standard InChI is InChI=1S/C17H18FN/c1-12(13-6-3-2-4-7-13)19-17-11-10-14-15(17)8-5-9-16(14)18/h2-9,12,17,19H,10-11H2,1H3/t12-,17?/m0/s1. The van der Waals surface area contributed by atoms with E-state index in [1.54, 1.807) is 12.1 Å². The molecule has 0 heterocycles. The number of hydrogen-bond donors (Lipinski definition) is 1. The van der Waals surface area contributed by atoms with Gasteiger partial charge in [0.05, 0.1) is 0 Å². The fourth-order valence-electron chi connectivity index (χ4n) is 2.92. The molecule has 3 rings (SSSR count). The lowest BCUT2D eigenvalue weighted by Gasteiger charge is -2.20. The highest BCUT2D eigenvalue weighted by atomic mass is 19.1.